The summed E-state index contributed by atoms with van der Waals surface area (Å²) in [6.45, 7) is 1.83. The quantitative estimate of drug-likeness (QED) is 0.822. The molecule has 0 heterocycles. The molecule has 8 heteroatoms. The van der Waals surface area contributed by atoms with Gasteiger partial charge in [-0.05, 0) is 30.7 Å². The zero-order chi connectivity index (χ0) is 17.5. The SMILES string of the molecule is CCCS(=O)Nc1ccc(F)c(NC(=O)Oc2ccccc2)c1F. The Balaban J connectivity index is 2.14. The summed E-state index contributed by atoms with van der Waals surface area (Å²) in [5.74, 6) is -1.47. The average Bonchev–Trinajstić information content (AvgIpc) is 2.55. The Hall–Kier alpha value is -2.48. The van der Waals surface area contributed by atoms with E-state index in [0.29, 0.717) is 12.2 Å². The van der Waals surface area contributed by atoms with Crippen LogP contribution in [0.5, 0.6) is 5.75 Å². The molecule has 2 aromatic carbocycles. The van der Waals surface area contributed by atoms with Crippen LogP contribution in [0.15, 0.2) is 42.5 Å². The summed E-state index contributed by atoms with van der Waals surface area (Å²) in [7, 11) is -1.50. The van der Waals surface area contributed by atoms with Crippen LogP contribution in [-0.2, 0) is 11.0 Å². The molecule has 0 aliphatic heterocycles. The van der Waals surface area contributed by atoms with Crippen molar-refractivity contribution in [3.63, 3.8) is 0 Å². The van der Waals surface area contributed by atoms with Crippen LogP contribution in [0.1, 0.15) is 13.3 Å². The molecule has 2 N–H and O–H groups in total. The topological polar surface area (TPSA) is 67.4 Å². The first-order valence-electron chi connectivity index (χ1n) is 7.18. The lowest BCUT2D eigenvalue weighted by Crippen LogP contribution is -2.19. The van der Waals surface area contributed by atoms with Gasteiger partial charge in [0.1, 0.15) is 28.2 Å². The normalized spacial score (nSPS) is 11.6. The maximum Gasteiger partial charge on any atom is 0.417 e. The maximum absolute atomic E-state index is 14.3. The Labute approximate surface area is 140 Å². The number of rotatable bonds is 6. The fourth-order valence-electron chi connectivity index (χ4n) is 1.83. The lowest BCUT2D eigenvalue weighted by atomic mass is 10.2. The summed E-state index contributed by atoms with van der Waals surface area (Å²) >= 11 is 0. The molecule has 1 amide bonds. The molecule has 0 saturated carbocycles. The monoisotopic (exact) mass is 354 g/mol. The van der Waals surface area contributed by atoms with E-state index in [9.17, 15) is 17.8 Å². The Bertz CT molecular complexity index is 742. The summed E-state index contributed by atoms with van der Waals surface area (Å²) in [6, 6.07) is 10.2. The molecule has 0 fully saturated rings. The van der Waals surface area contributed by atoms with Crippen LogP contribution in [0, 0.1) is 11.6 Å². The van der Waals surface area contributed by atoms with Crippen molar-refractivity contribution in [2.75, 3.05) is 15.8 Å². The molecule has 0 bridgehead atoms. The number of anilines is 2. The number of hydrogen-bond donors (Lipinski definition) is 2. The fourth-order valence-corrected chi connectivity index (χ4v) is 2.70. The lowest BCUT2D eigenvalue weighted by Gasteiger charge is -2.12. The van der Waals surface area contributed by atoms with Gasteiger partial charge in [-0.15, -0.1) is 0 Å². The van der Waals surface area contributed by atoms with Crippen LogP contribution in [0.2, 0.25) is 0 Å². The number of nitrogens with one attached hydrogen (secondary N) is 2. The zero-order valence-electron chi connectivity index (χ0n) is 12.8. The first kappa shape index (κ1) is 17.9. The molecule has 24 heavy (non-hydrogen) atoms. The largest absolute Gasteiger partial charge is 0.417 e. The second-order valence-electron chi connectivity index (χ2n) is 4.76. The van der Waals surface area contributed by atoms with Crippen molar-refractivity contribution >= 4 is 28.5 Å². The van der Waals surface area contributed by atoms with Gasteiger partial charge in [0.15, 0.2) is 5.82 Å². The minimum Gasteiger partial charge on any atom is -0.410 e. The second-order valence-corrected chi connectivity index (χ2v) is 6.07. The molecule has 2 aromatic rings. The van der Waals surface area contributed by atoms with E-state index in [1.165, 1.54) is 12.1 Å². The van der Waals surface area contributed by atoms with E-state index >= 15 is 0 Å². The van der Waals surface area contributed by atoms with Gasteiger partial charge >= 0.3 is 6.09 Å². The Kier molecular flexibility index (Phi) is 6.25. The number of halogens is 2. The highest BCUT2D eigenvalue weighted by molar-refractivity contribution is 7.86. The van der Waals surface area contributed by atoms with Crippen molar-refractivity contribution in [2.24, 2.45) is 0 Å². The maximum atomic E-state index is 14.3. The molecule has 0 spiro atoms. The van der Waals surface area contributed by atoms with Crippen molar-refractivity contribution in [3.8, 4) is 5.75 Å². The Morgan fingerprint density at radius 2 is 1.88 bits per heavy atom. The van der Waals surface area contributed by atoms with E-state index in [4.69, 9.17) is 4.74 Å². The van der Waals surface area contributed by atoms with E-state index in [0.717, 1.165) is 12.1 Å². The first-order chi connectivity index (χ1) is 11.5. The first-order valence-corrected chi connectivity index (χ1v) is 8.50. The van der Waals surface area contributed by atoms with E-state index in [1.54, 1.807) is 18.2 Å². The van der Waals surface area contributed by atoms with E-state index in [1.807, 2.05) is 12.2 Å². The number of carbonyl (C=O) groups excluding carboxylic acids is 1. The number of carbonyl (C=O) groups is 1. The van der Waals surface area contributed by atoms with Gasteiger partial charge in [-0.2, -0.15) is 0 Å². The molecule has 0 aliphatic carbocycles. The number of amides is 1. The summed E-state index contributed by atoms with van der Waals surface area (Å²) < 4.78 is 47.1. The predicted molar refractivity (Wildman–Crippen MR) is 89.4 cm³/mol. The average molecular weight is 354 g/mol. The van der Waals surface area contributed by atoms with E-state index in [-0.39, 0.29) is 11.4 Å². The minimum absolute atomic E-state index is 0.168. The third-order valence-electron chi connectivity index (χ3n) is 2.89. The van der Waals surface area contributed by atoms with Crippen LogP contribution in [-0.4, -0.2) is 16.1 Å². The molecule has 0 aliphatic rings. The van der Waals surface area contributed by atoms with Gasteiger partial charge in [0.2, 0.25) is 0 Å². The summed E-state index contributed by atoms with van der Waals surface area (Å²) in [5.41, 5.74) is -0.840. The molecule has 0 radical (unpaired) electrons. The molecule has 2 rings (SSSR count). The highest BCUT2D eigenvalue weighted by Gasteiger charge is 2.18. The van der Waals surface area contributed by atoms with Gasteiger partial charge in [-0.3, -0.25) is 5.32 Å². The number of ether oxygens (including phenoxy) is 1. The van der Waals surface area contributed by atoms with Gasteiger partial charge in [0.05, 0.1) is 5.69 Å². The predicted octanol–water partition coefficient (Wildman–Crippen LogP) is 4.06. The number of benzene rings is 2. The molecule has 0 aromatic heterocycles. The van der Waals surface area contributed by atoms with Gasteiger partial charge in [0, 0.05) is 5.75 Å². The molecule has 1 atom stereocenters. The van der Waals surface area contributed by atoms with Gasteiger partial charge in [0.25, 0.3) is 0 Å². The zero-order valence-corrected chi connectivity index (χ0v) is 13.7. The van der Waals surface area contributed by atoms with Crippen LogP contribution < -0.4 is 14.8 Å². The molecular formula is C16H16F2N2O3S. The highest BCUT2D eigenvalue weighted by atomic mass is 32.2. The standard InChI is InChI=1S/C16H16F2N2O3S/c1-2-10-24(22)20-13-9-8-12(17)15(14(13)18)19-16(21)23-11-6-4-3-5-7-11/h3-9,20H,2,10H2,1H3,(H,19,21). The third kappa shape index (κ3) is 4.76. The Morgan fingerprint density at radius 1 is 1.17 bits per heavy atom. The van der Waals surface area contributed by atoms with Crippen molar-refractivity contribution in [3.05, 3.63) is 54.1 Å². The van der Waals surface area contributed by atoms with Crippen LogP contribution in [0.25, 0.3) is 0 Å². The molecule has 1 unspecified atom stereocenters. The smallest absolute Gasteiger partial charge is 0.410 e. The van der Waals surface area contributed by atoms with E-state index < -0.39 is 34.4 Å². The summed E-state index contributed by atoms with van der Waals surface area (Å²) in [5, 5.41) is 2.02. The van der Waals surface area contributed by atoms with Gasteiger partial charge in [-0.25, -0.2) is 17.8 Å². The van der Waals surface area contributed by atoms with Crippen molar-refractivity contribution in [2.45, 2.75) is 13.3 Å². The molecule has 5 nitrogen and oxygen atoms in total. The summed E-state index contributed by atoms with van der Waals surface area (Å²) in [4.78, 5) is 11.8. The summed E-state index contributed by atoms with van der Waals surface area (Å²) in [6.07, 6.45) is -0.400. The third-order valence-corrected chi connectivity index (χ3v) is 4.11. The van der Waals surface area contributed by atoms with Crippen molar-refractivity contribution in [1.29, 1.82) is 0 Å². The van der Waals surface area contributed by atoms with Crippen molar-refractivity contribution in [1.82, 2.24) is 0 Å². The second kappa shape index (κ2) is 8.39. The number of para-hydroxylation sites is 1. The lowest BCUT2D eigenvalue weighted by molar-refractivity contribution is 0.215. The van der Waals surface area contributed by atoms with Crippen LogP contribution >= 0.6 is 0 Å². The molecule has 0 saturated heterocycles. The van der Waals surface area contributed by atoms with Gasteiger partial charge in [-0.1, -0.05) is 25.1 Å². The van der Waals surface area contributed by atoms with Crippen LogP contribution in [0.3, 0.4) is 0 Å². The molecular weight excluding hydrogens is 338 g/mol. The van der Waals surface area contributed by atoms with Gasteiger partial charge < -0.3 is 9.46 Å². The number of hydrogen-bond acceptors (Lipinski definition) is 3. The van der Waals surface area contributed by atoms with Crippen LogP contribution in [0.4, 0.5) is 25.0 Å². The minimum atomic E-state index is -1.50. The Morgan fingerprint density at radius 3 is 2.54 bits per heavy atom. The fraction of sp³-hybridized carbons (Fsp3) is 0.188. The highest BCUT2D eigenvalue weighted by Crippen LogP contribution is 2.26. The van der Waals surface area contributed by atoms with Crippen molar-refractivity contribution < 1.29 is 22.5 Å². The van der Waals surface area contributed by atoms with E-state index in [2.05, 4.69) is 4.72 Å². The molecule has 128 valence electrons.